The van der Waals surface area contributed by atoms with E-state index in [1.807, 2.05) is 0 Å². The Labute approximate surface area is 110 Å². The normalized spacial score (nSPS) is 9.47. The molecule has 0 radical (unpaired) electrons. The van der Waals surface area contributed by atoms with Crippen LogP contribution in [0.3, 0.4) is 0 Å². The summed E-state index contributed by atoms with van der Waals surface area (Å²) in [4.78, 5) is 21.7. The molecule has 1 aromatic rings. The van der Waals surface area contributed by atoms with Gasteiger partial charge in [0.2, 0.25) is 0 Å². The summed E-state index contributed by atoms with van der Waals surface area (Å²) in [5.74, 6) is -0.799. The van der Waals surface area contributed by atoms with E-state index in [1.54, 1.807) is 35.6 Å². The summed E-state index contributed by atoms with van der Waals surface area (Å²) in [6, 6.07) is 4.49. The van der Waals surface area contributed by atoms with E-state index in [9.17, 15) is 14.9 Å². The fraction of sp³-hybridized carbons (Fsp3) is 0.200. The first-order valence-corrected chi connectivity index (χ1v) is 5.64. The first-order valence-electron chi connectivity index (χ1n) is 4.57. The number of esters is 1. The Balaban J connectivity index is 3.47. The average Bonchev–Trinajstić information content (AvgIpc) is 2.28. The van der Waals surface area contributed by atoms with Crippen molar-refractivity contribution in [2.24, 2.45) is 0 Å². The topological polar surface area (TPSA) is 93.2 Å². The van der Waals surface area contributed by atoms with Gasteiger partial charge < -0.3 is 4.74 Å². The minimum atomic E-state index is -0.799. The van der Waals surface area contributed by atoms with Crippen molar-refractivity contribution in [3.05, 3.63) is 36.9 Å². The van der Waals surface area contributed by atoms with Crippen LogP contribution in [0.4, 0.5) is 5.69 Å². The molecule has 7 heteroatoms. The number of nitriles is 1. The monoisotopic (exact) mass is 346 g/mol. The van der Waals surface area contributed by atoms with Gasteiger partial charge in [-0.1, -0.05) is 0 Å². The summed E-state index contributed by atoms with van der Waals surface area (Å²) >= 11 is 1.80. The van der Waals surface area contributed by atoms with Crippen molar-refractivity contribution >= 4 is 34.2 Å². The zero-order chi connectivity index (χ0) is 13.0. The van der Waals surface area contributed by atoms with E-state index in [0.29, 0.717) is 3.57 Å². The fourth-order valence-electron chi connectivity index (χ4n) is 1.24. The van der Waals surface area contributed by atoms with E-state index in [4.69, 9.17) is 10.00 Å². The number of nitro benzene ring substituents is 1. The lowest BCUT2D eigenvalue weighted by atomic mass is 10.1. The number of nitrogens with zero attached hydrogens (tertiary/aromatic N) is 2. The van der Waals surface area contributed by atoms with Crippen molar-refractivity contribution in [3.63, 3.8) is 0 Å². The number of carbonyl (C=O) groups excluding carboxylic acids is 1. The molecule has 17 heavy (non-hydrogen) atoms. The first-order chi connectivity index (χ1) is 8.02. The van der Waals surface area contributed by atoms with Crippen LogP contribution in [0, 0.1) is 25.0 Å². The standard InChI is InChI=1S/C10H7IN2O4/c1-2-17-10(14)6-3-4-8(11)7(5-12)9(6)13(15)16/h3-4H,2H2,1H3. The molecule has 1 rings (SSSR count). The molecule has 1 aromatic carbocycles. The summed E-state index contributed by atoms with van der Waals surface area (Å²) < 4.78 is 5.12. The Morgan fingerprint density at radius 1 is 1.65 bits per heavy atom. The molecule has 0 saturated carbocycles. The maximum Gasteiger partial charge on any atom is 0.345 e. The van der Waals surface area contributed by atoms with E-state index < -0.39 is 16.6 Å². The molecule has 0 spiro atoms. The third-order valence-electron chi connectivity index (χ3n) is 1.92. The molecule has 0 atom stereocenters. The van der Waals surface area contributed by atoms with Crippen LogP contribution < -0.4 is 0 Å². The van der Waals surface area contributed by atoms with Crippen molar-refractivity contribution in [2.75, 3.05) is 6.61 Å². The zero-order valence-electron chi connectivity index (χ0n) is 8.77. The predicted octanol–water partition coefficient (Wildman–Crippen LogP) is 2.25. The maximum atomic E-state index is 11.5. The Hall–Kier alpha value is -1.69. The van der Waals surface area contributed by atoms with Gasteiger partial charge in [-0.05, 0) is 41.6 Å². The Morgan fingerprint density at radius 3 is 2.76 bits per heavy atom. The molecule has 0 heterocycles. The number of hydrogen-bond donors (Lipinski definition) is 0. The summed E-state index contributed by atoms with van der Waals surface area (Å²) in [5.41, 5.74) is -0.826. The minimum absolute atomic E-state index is 0.115. The second-order valence-electron chi connectivity index (χ2n) is 2.91. The molecule has 0 aromatic heterocycles. The largest absolute Gasteiger partial charge is 0.462 e. The van der Waals surface area contributed by atoms with Gasteiger partial charge in [0, 0.05) is 3.57 Å². The predicted molar refractivity (Wildman–Crippen MR) is 66.5 cm³/mol. The van der Waals surface area contributed by atoms with Crippen molar-refractivity contribution in [2.45, 2.75) is 6.92 Å². The van der Waals surface area contributed by atoms with Crippen LogP contribution in [-0.4, -0.2) is 17.5 Å². The maximum absolute atomic E-state index is 11.5. The lowest BCUT2D eigenvalue weighted by Crippen LogP contribution is -2.10. The molecule has 0 fully saturated rings. The van der Waals surface area contributed by atoms with E-state index in [2.05, 4.69) is 0 Å². The van der Waals surface area contributed by atoms with Crippen molar-refractivity contribution < 1.29 is 14.5 Å². The summed E-state index contributed by atoms with van der Waals surface area (Å²) in [6.45, 7) is 1.71. The molecule has 88 valence electrons. The van der Waals surface area contributed by atoms with Crippen LogP contribution in [0.25, 0.3) is 0 Å². The SMILES string of the molecule is CCOC(=O)c1ccc(I)c(C#N)c1[N+](=O)[O-]. The van der Waals surface area contributed by atoms with Gasteiger partial charge in [-0.3, -0.25) is 10.1 Å². The second kappa shape index (κ2) is 5.58. The van der Waals surface area contributed by atoms with Crippen LogP contribution in [-0.2, 0) is 4.74 Å². The quantitative estimate of drug-likeness (QED) is 0.362. The van der Waals surface area contributed by atoms with Crippen molar-refractivity contribution in [3.8, 4) is 6.07 Å². The molecular formula is C10H7IN2O4. The van der Waals surface area contributed by atoms with Gasteiger partial charge in [0.25, 0.3) is 0 Å². The smallest absolute Gasteiger partial charge is 0.345 e. The number of hydrogen-bond acceptors (Lipinski definition) is 5. The van der Waals surface area contributed by atoms with Crippen molar-refractivity contribution in [1.29, 1.82) is 5.26 Å². The first kappa shape index (κ1) is 13.4. The number of carbonyl (C=O) groups is 1. The fourth-order valence-corrected chi connectivity index (χ4v) is 1.79. The van der Waals surface area contributed by atoms with Gasteiger partial charge in [-0.2, -0.15) is 5.26 Å². The number of benzene rings is 1. The van der Waals surface area contributed by atoms with Crippen LogP contribution in [0.1, 0.15) is 22.8 Å². The molecule has 0 N–H and O–H groups in total. The van der Waals surface area contributed by atoms with Gasteiger partial charge in [-0.15, -0.1) is 0 Å². The minimum Gasteiger partial charge on any atom is -0.462 e. The molecule has 6 nitrogen and oxygen atoms in total. The summed E-state index contributed by atoms with van der Waals surface area (Å²) in [5, 5.41) is 19.8. The number of nitro groups is 1. The third-order valence-corrected chi connectivity index (χ3v) is 2.82. The number of ether oxygens (including phenoxy) is 1. The van der Waals surface area contributed by atoms with E-state index in [1.165, 1.54) is 12.1 Å². The van der Waals surface area contributed by atoms with Crippen molar-refractivity contribution in [1.82, 2.24) is 0 Å². The molecule has 0 amide bonds. The Kier molecular flexibility index (Phi) is 4.39. The molecule has 0 aliphatic heterocycles. The molecular weight excluding hydrogens is 339 g/mol. The average molecular weight is 346 g/mol. The van der Waals surface area contributed by atoms with Gasteiger partial charge >= 0.3 is 11.7 Å². The second-order valence-corrected chi connectivity index (χ2v) is 4.07. The molecule has 0 aliphatic rings. The van der Waals surface area contributed by atoms with E-state index in [-0.39, 0.29) is 17.7 Å². The summed E-state index contributed by atoms with van der Waals surface area (Å²) in [7, 11) is 0. The van der Waals surface area contributed by atoms with Crippen LogP contribution >= 0.6 is 22.6 Å². The highest BCUT2D eigenvalue weighted by molar-refractivity contribution is 14.1. The highest BCUT2D eigenvalue weighted by Crippen LogP contribution is 2.28. The Bertz CT molecular complexity index is 522. The zero-order valence-corrected chi connectivity index (χ0v) is 10.9. The van der Waals surface area contributed by atoms with Crippen LogP contribution in [0.2, 0.25) is 0 Å². The van der Waals surface area contributed by atoms with E-state index in [0.717, 1.165) is 0 Å². The van der Waals surface area contributed by atoms with Gasteiger partial charge in [-0.25, -0.2) is 4.79 Å². The lowest BCUT2D eigenvalue weighted by Gasteiger charge is -2.05. The van der Waals surface area contributed by atoms with Gasteiger partial charge in [0.1, 0.15) is 17.2 Å². The molecule has 0 saturated heterocycles. The summed E-state index contributed by atoms with van der Waals surface area (Å²) in [6.07, 6.45) is 0. The molecule has 0 bridgehead atoms. The van der Waals surface area contributed by atoms with Gasteiger partial charge in [0.15, 0.2) is 0 Å². The van der Waals surface area contributed by atoms with Crippen LogP contribution in [0.5, 0.6) is 0 Å². The van der Waals surface area contributed by atoms with Crippen LogP contribution in [0.15, 0.2) is 12.1 Å². The Morgan fingerprint density at radius 2 is 2.29 bits per heavy atom. The van der Waals surface area contributed by atoms with E-state index >= 15 is 0 Å². The highest BCUT2D eigenvalue weighted by Gasteiger charge is 2.27. The molecule has 0 aliphatic carbocycles. The number of rotatable bonds is 3. The third kappa shape index (κ3) is 2.71. The highest BCUT2D eigenvalue weighted by atomic mass is 127. The lowest BCUT2D eigenvalue weighted by molar-refractivity contribution is -0.385. The van der Waals surface area contributed by atoms with Gasteiger partial charge in [0.05, 0.1) is 11.5 Å². The molecule has 0 unspecified atom stereocenters. The number of halogens is 1.